The Hall–Kier alpha value is -2.39. The van der Waals surface area contributed by atoms with Gasteiger partial charge in [0.15, 0.2) is 4.75 Å². The summed E-state index contributed by atoms with van der Waals surface area (Å²) in [5.41, 5.74) is 0.387. The van der Waals surface area contributed by atoms with Gasteiger partial charge in [-0.3, -0.25) is 4.79 Å². The van der Waals surface area contributed by atoms with Crippen molar-refractivity contribution in [3.63, 3.8) is 0 Å². The largest absolute Gasteiger partial charge is 0.416 e. The highest BCUT2D eigenvalue weighted by Gasteiger charge is 2.42. The Morgan fingerprint density at radius 1 is 1.04 bits per heavy atom. The van der Waals surface area contributed by atoms with Crippen LogP contribution in [0.2, 0.25) is 0 Å². The molecule has 9 heteroatoms. The van der Waals surface area contributed by atoms with Crippen LogP contribution in [0.3, 0.4) is 0 Å². The van der Waals surface area contributed by atoms with Crippen molar-refractivity contribution in [1.82, 2.24) is 0 Å². The summed E-state index contributed by atoms with van der Waals surface area (Å²) in [6.07, 6.45) is -4.45. The molecule has 1 atom stereocenters. The number of aryl methyl sites for hydroxylation is 1. The first kappa shape index (κ1) is 21.9. The Morgan fingerprint density at radius 2 is 1.61 bits per heavy atom. The van der Waals surface area contributed by atoms with Crippen molar-refractivity contribution in [2.75, 3.05) is 10.0 Å². The van der Waals surface area contributed by atoms with Crippen molar-refractivity contribution in [3.05, 3.63) is 59.2 Å². The van der Waals surface area contributed by atoms with Crippen molar-refractivity contribution < 1.29 is 26.7 Å². The number of hydrogen-bond acceptors (Lipinski definition) is 2. The maximum Gasteiger partial charge on any atom is 0.416 e. The fourth-order valence-corrected chi connectivity index (χ4v) is 2.94. The number of rotatable bonds is 4. The first-order valence-electron chi connectivity index (χ1n) is 8.34. The highest BCUT2D eigenvalue weighted by atomic mass is 32.3. The Kier molecular flexibility index (Phi) is 5.91. The van der Waals surface area contributed by atoms with E-state index in [9.17, 15) is 26.7 Å². The van der Waals surface area contributed by atoms with Gasteiger partial charge in [-0.1, -0.05) is 0 Å². The number of benzene rings is 2. The van der Waals surface area contributed by atoms with E-state index in [2.05, 4.69) is 10.0 Å². The van der Waals surface area contributed by atoms with Crippen molar-refractivity contribution in [1.29, 1.82) is 0 Å². The van der Waals surface area contributed by atoms with Gasteiger partial charge in [0.2, 0.25) is 0 Å². The van der Waals surface area contributed by atoms with Gasteiger partial charge in [0.1, 0.15) is 0 Å². The van der Waals surface area contributed by atoms with E-state index in [0.717, 1.165) is 12.1 Å². The number of anilines is 2. The lowest BCUT2D eigenvalue weighted by Crippen LogP contribution is -2.39. The molecule has 0 saturated carbocycles. The topological polar surface area (TPSA) is 78.4 Å². The Bertz CT molecular complexity index is 920. The van der Waals surface area contributed by atoms with Crippen molar-refractivity contribution in [3.8, 4) is 0 Å². The van der Waals surface area contributed by atoms with Gasteiger partial charge in [-0.2, -0.15) is 22.4 Å². The standard InChI is InChI=1S/C19H21F3N2O3S/c1-12-11-14(19(20,21)22)7-10-16(12)23-17(25)13-5-8-15(9-6-13)24-28(26,27)18(2,3)4/h5-11H,1-4H3,(H2-,23,24,25,26,27)/p+1. The average molecular weight is 415 g/mol. The van der Waals surface area contributed by atoms with Crippen molar-refractivity contribution >= 4 is 27.7 Å². The molecule has 2 aromatic rings. The van der Waals surface area contributed by atoms with E-state index in [0.29, 0.717) is 5.69 Å². The first-order valence-corrected chi connectivity index (χ1v) is 9.85. The Labute approximate surface area is 162 Å². The summed E-state index contributed by atoms with van der Waals surface area (Å²) in [5.74, 6) is -0.505. The summed E-state index contributed by atoms with van der Waals surface area (Å²) >= 11 is 0. The van der Waals surface area contributed by atoms with Gasteiger partial charge in [-0.25, -0.2) is 0 Å². The maximum absolute atomic E-state index is 12.7. The van der Waals surface area contributed by atoms with E-state index < -0.39 is 32.8 Å². The molecule has 0 aliphatic carbocycles. The Balaban J connectivity index is 2.13. The molecular weight excluding hydrogens is 393 g/mol. The fourth-order valence-electron chi connectivity index (χ4n) is 2.18. The molecule has 1 amide bonds. The summed E-state index contributed by atoms with van der Waals surface area (Å²) in [5, 5.41) is 2.56. The molecule has 1 unspecified atom stereocenters. The molecule has 0 aliphatic heterocycles. The van der Waals surface area contributed by atoms with Gasteiger partial charge in [-0.05, 0) is 79.9 Å². The number of nitrogens with one attached hydrogen (secondary N) is 2. The number of carbonyl (C=O) groups is 1. The summed E-state index contributed by atoms with van der Waals surface area (Å²) in [4.78, 5) is 12.3. The second-order valence-corrected chi connectivity index (χ2v) is 9.78. The minimum atomic E-state index is -4.45. The third kappa shape index (κ3) is 5.11. The number of alkyl halides is 3. The predicted molar refractivity (Wildman–Crippen MR) is 105 cm³/mol. The second kappa shape index (κ2) is 7.56. The van der Waals surface area contributed by atoms with Crippen molar-refractivity contribution in [2.45, 2.75) is 38.6 Å². The molecule has 0 bridgehead atoms. The molecule has 0 aliphatic rings. The van der Waals surface area contributed by atoms with Crippen LogP contribution in [-0.2, 0) is 20.8 Å². The minimum absolute atomic E-state index is 0.255. The quantitative estimate of drug-likeness (QED) is 0.588. The lowest BCUT2D eigenvalue weighted by atomic mass is 10.1. The molecule has 2 aromatic carbocycles. The van der Waals surface area contributed by atoms with Crippen LogP contribution < -0.4 is 10.0 Å². The fraction of sp³-hybridized carbons (Fsp3) is 0.316. The monoisotopic (exact) mass is 415 g/mol. The third-order valence-electron chi connectivity index (χ3n) is 4.04. The zero-order chi connectivity index (χ0) is 21.3. The molecule has 152 valence electrons. The lowest BCUT2D eigenvalue weighted by Gasteiger charge is -2.19. The van der Waals surface area contributed by atoms with E-state index in [4.69, 9.17) is 0 Å². The van der Waals surface area contributed by atoms with Gasteiger partial charge in [0.25, 0.3) is 5.91 Å². The number of amides is 1. The van der Waals surface area contributed by atoms with Gasteiger partial charge in [-0.15, -0.1) is 0 Å². The molecule has 0 spiro atoms. The van der Waals surface area contributed by atoms with E-state index >= 15 is 0 Å². The van der Waals surface area contributed by atoms with Crippen LogP contribution in [0, 0.1) is 6.92 Å². The summed E-state index contributed by atoms with van der Waals surface area (Å²) in [7, 11) is -3.35. The third-order valence-corrected chi connectivity index (χ3v) is 6.21. The molecular formula is C19H22F3N2O3S+. The molecule has 0 radical (unpaired) electrons. The van der Waals surface area contributed by atoms with Crippen LogP contribution in [0.4, 0.5) is 24.5 Å². The first-order chi connectivity index (χ1) is 12.7. The zero-order valence-electron chi connectivity index (χ0n) is 15.8. The minimum Gasteiger partial charge on any atom is -0.322 e. The number of halogens is 3. The van der Waals surface area contributed by atoms with E-state index in [-0.39, 0.29) is 16.8 Å². The van der Waals surface area contributed by atoms with Gasteiger partial charge < -0.3 is 5.32 Å². The van der Waals surface area contributed by atoms with Crippen LogP contribution in [0.25, 0.3) is 0 Å². The summed E-state index contributed by atoms with van der Waals surface area (Å²) in [6, 6.07) is 8.94. The maximum atomic E-state index is 12.7. The zero-order valence-corrected chi connectivity index (χ0v) is 16.7. The van der Waals surface area contributed by atoms with Crippen LogP contribution >= 0.6 is 0 Å². The van der Waals surface area contributed by atoms with Gasteiger partial charge >= 0.3 is 16.6 Å². The van der Waals surface area contributed by atoms with Crippen LogP contribution in [-0.4, -0.2) is 15.2 Å². The molecule has 5 nitrogen and oxygen atoms in total. The van der Waals surface area contributed by atoms with E-state index in [1.165, 1.54) is 37.3 Å². The summed E-state index contributed by atoms with van der Waals surface area (Å²) in [6.45, 7) is 6.34. The SMILES string of the molecule is Cc1cc(C(F)(F)F)ccc1NC(=O)c1ccc(N[S+](=O)(O)C(C)(C)C)cc1. The lowest BCUT2D eigenvalue weighted by molar-refractivity contribution is -0.137. The highest BCUT2D eigenvalue weighted by Crippen LogP contribution is 2.31. The number of carbonyl (C=O) groups excluding carboxylic acids is 1. The van der Waals surface area contributed by atoms with Crippen LogP contribution in [0.1, 0.15) is 42.3 Å². The molecule has 0 heterocycles. The van der Waals surface area contributed by atoms with Gasteiger partial charge in [0.05, 0.1) is 11.3 Å². The molecule has 0 fully saturated rings. The van der Waals surface area contributed by atoms with Gasteiger partial charge in [0, 0.05) is 11.3 Å². The average Bonchev–Trinajstić information content (AvgIpc) is 2.55. The molecule has 28 heavy (non-hydrogen) atoms. The molecule has 3 N–H and O–H groups in total. The van der Waals surface area contributed by atoms with Crippen molar-refractivity contribution in [2.24, 2.45) is 0 Å². The number of hydrogen-bond donors (Lipinski definition) is 3. The molecule has 2 rings (SSSR count). The molecule has 0 saturated heterocycles. The second-order valence-electron chi connectivity index (χ2n) is 7.30. The molecule has 0 aromatic heterocycles. The van der Waals surface area contributed by atoms with Crippen LogP contribution in [0.15, 0.2) is 42.5 Å². The van der Waals surface area contributed by atoms with E-state index in [1.54, 1.807) is 20.8 Å². The smallest absolute Gasteiger partial charge is 0.322 e. The van der Waals surface area contributed by atoms with Crippen LogP contribution in [0.5, 0.6) is 0 Å². The Morgan fingerprint density at radius 3 is 2.07 bits per heavy atom. The van der Waals surface area contributed by atoms with E-state index in [1.807, 2.05) is 0 Å². The summed E-state index contributed by atoms with van der Waals surface area (Å²) < 4.78 is 62.1. The normalized spacial score (nSPS) is 14.3. The highest BCUT2D eigenvalue weighted by molar-refractivity contribution is 8.00. The predicted octanol–water partition coefficient (Wildman–Crippen LogP) is 5.36.